The highest BCUT2D eigenvalue weighted by Gasteiger charge is 2.14. The predicted molar refractivity (Wildman–Crippen MR) is 89.4 cm³/mol. The Bertz CT molecular complexity index is 821. The molecule has 0 bridgehead atoms. The van der Waals surface area contributed by atoms with Gasteiger partial charge in [0, 0.05) is 12.2 Å². The number of sulfonamides is 1. The summed E-state index contributed by atoms with van der Waals surface area (Å²) < 4.78 is 26.0. The Hall–Kier alpha value is -1.78. The first-order valence-electron chi connectivity index (χ1n) is 6.53. The van der Waals surface area contributed by atoms with Gasteiger partial charge in [0.2, 0.25) is 16.0 Å². The van der Waals surface area contributed by atoms with Crippen LogP contribution in [0.3, 0.4) is 0 Å². The molecule has 0 unspecified atom stereocenters. The number of halogens is 2. The maximum atomic E-state index is 11.9. The Kier molecular flexibility index (Phi) is 6.08. The molecule has 0 amide bonds. The largest absolute Gasteiger partial charge is 0.395 e. The second-order valence-electron chi connectivity index (χ2n) is 4.43. The van der Waals surface area contributed by atoms with Gasteiger partial charge < -0.3 is 10.4 Å². The maximum absolute atomic E-state index is 11.9. The molecule has 0 saturated heterocycles. The molecule has 0 aliphatic carbocycles. The van der Waals surface area contributed by atoms with E-state index in [0.29, 0.717) is 12.0 Å². The molecule has 1 aromatic carbocycles. The highest BCUT2D eigenvalue weighted by Crippen LogP contribution is 2.23. The minimum absolute atomic E-state index is 0.0136. The van der Waals surface area contributed by atoms with E-state index in [1.165, 1.54) is 24.3 Å². The molecule has 0 aliphatic rings. The van der Waals surface area contributed by atoms with E-state index in [9.17, 15) is 13.2 Å². The molecule has 2 aromatic rings. The van der Waals surface area contributed by atoms with E-state index in [4.69, 9.17) is 28.3 Å². The Morgan fingerprint density at radius 2 is 1.71 bits per heavy atom. The van der Waals surface area contributed by atoms with E-state index in [1.807, 2.05) is 0 Å². The van der Waals surface area contributed by atoms with E-state index in [2.05, 4.69) is 20.0 Å². The molecule has 0 aliphatic heterocycles. The molecule has 128 valence electrons. The predicted octanol–water partition coefficient (Wildman–Crippen LogP) is 1.61. The third-order valence-corrected chi connectivity index (χ3v) is 4.85. The van der Waals surface area contributed by atoms with Gasteiger partial charge in [0.25, 0.3) is 0 Å². The lowest BCUT2D eigenvalue weighted by Crippen LogP contribution is -2.26. The molecule has 0 spiro atoms. The number of hydrogen-bond donors (Lipinski definition) is 3. The van der Waals surface area contributed by atoms with Crippen molar-refractivity contribution in [2.75, 3.05) is 18.5 Å². The van der Waals surface area contributed by atoms with E-state index in [0.717, 1.165) is 0 Å². The summed E-state index contributed by atoms with van der Waals surface area (Å²) in [6, 6.07) is 5.72. The van der Waals surface area contributed by atoms with Gasteiger partial charge in [-0.25, -0.2) is 13.1 Å². The minimum Gasteiger partial charge on any atom is -0.395 e. The van der Waals surface area contributed by atoms with Gasteiger partial charge in [0.05, 0.1) is 17.1 Å². The van der Waals surface area contributed by atoms with Crippen LogP contribution >= 0.6 is 23.2 Å². The summed E-state index contributed by atoms with van der Waals surface area (Å²) in [7, 11) is -3.68. The normalized spacial score (nSPS) is 11.3. The summed E-state index contributed by atoms with van der Waals surface area (Å²) in [5.41, 5.74) is 0.474. The lowest BCUT2D eigenvalue weighted by atomic mass is 10.3. The molecule has 1 aromatic heterocycles. The Morgan fingerprint density at radius 3 is 2.21 bits per heavy atom. The molecule has 1 heterocycles. The average molecular weight is 391 g/mol. The lowest BCUT2D eigenvalue weighted by molar-refractivity contribution is 0.112. The van der Waals surface area contributed by atoms with Gasteiger partial charge in [0.1, 0.15) is 10.3 Å². The van der Waals surface area contributed by atoms with E-state index in [-0.39, 0.29) is 39.9 Å². The van der Waals surface area contributed by atoms with Crippen LogP contribution in [0.25, 0.3) is 0 Å². The number of carbonyl (C=O) groups excluding carboxylic acids is 1. The molecule has 2 rings (SSSR count). The highest BCUT2D eigenvalue weighted by atomic mass is 35.5. The van der Waals surface area contributed by atoms with E-state index in [1.54, 1.807) is 0 Å². The Morgan fingerprint density at radius 1 is 1.12 bits per heavy atom. The number of rotatable bonds is 7. The number of aldehydes is 1. The van der Waals surface area contributed by atoms with Crippen molar-refractivity contribution >= 4 is 51.1 Å². The topological polar surface area (TPSA) is 121 Å². The van der Waals surface area contributed by atoms with Gasteiger partial charge in [-0.3, -0.25) is 4.79 Å². The van der Waals surface area contributed by atoms with Crippen LogP contribution in [-0.4, -0.2) is 42.9 Å². The molecule has 8 nitrogen and oxygen atoms in total. The number of aromatic nitrogens is 2. The molecular weight excluding hydrogens is 379 g/mol. The summed E-state index contributed by atoms with van der Waals surface area (Å²) in [6.07, 6.45) is 0.452. The van der Waals surface area contributed by atoms with Crippen molar-refractivity contribution in [3.05, 3.63) is 40.1 Å². The number of aliphatic hydroxyl groups is 1. The second-order valence-corrected chi connectivity index (χ2v) is 6.91. The Labute approximate surface area is 147 Å². The van der Waals surface area contributed by atoms with Gasteiger partial charge >= 0.3 is 0 Å². The molecule has 11 heteroatoms. The maximum Gasteiger partial charge on any atom is 0.240 e. The molecule has 24 heavy (non-hydrogen) atoms. The molecule has 0 fully saturated rings. The molecular formula is C13H12Cl2N4O4S. The lowest BCUT2D eigenvalue weighted by Gasteiger charge is -2.09. The van der Waals surface area contributed by atoms with Crippen molar-refractivity contribution in [1.82, 2.24) is 14.7 Å². The molecule has 0 radical (unpaired) electrons. The fraction of sp³-hybridized carbons (Fsp3) is 0.154. The first kappa shape index (κ1) is 18.6. The SMILES string of the molecule is O=Cc1c(Cl)nc(Nc2ccc(S(=O)(=O)NCCO)cc2)nc1Cl. The molecule has 0 atom stereocenters. The smallest absolute Gasteiger partial charge is 0.240 e. The molecule has 0 saturated carbocycles. The second kappa shape index (κ2) is 7.86. The summed E-state index contributed by atoms with van der Waals surface area (Å²) in [4.78, 5) is 18.6. The number of anilines is 2. The van der Waals surface area contributed by atoms with Crippen LogP contribution in [-0.2, 0) is 10.0 Å². The number of nitrogens with one attached hydrogen (secondary N) is 2. The zero-order valence-corrected chi connectivity index (χ0v) is 14.4. The zero-order valence-electron chi connectivity index (χ0n) is 12.0. The van der Waals surface area contributed by atoms with Crippen LogP contribution in [0.4, 0.5) is 11.6 Å². The third-order valence-electron chi connectivity index (χ3n) is 2.80. The van der Waals surface area contributed by atoms with E-state index >= 15 is 0 Å². The number of benzene rings is 1. The highest BCUT2D eigenvalue weighted by molar-refractivity contribution is 7.89. The van der Waals surface area contributed by atoms with Crippen molar-refractivity contribution in [3.63, 3.8) is 0 Å². The fourth-order valence-corrected chi connectivity index (χ4v) is 3.18. The van der Waals surface area contributed by atoms with Crippen molar-refractivity contribution in [2.45, 2.75) is 4.90 Å². The van der Waals surface area contributed by atoms with Gasteiger partial charge in [-0.2, -0.15) is 9.97 Å². The van der Waals surface area contributed by atoms with Crippen LogP contribution < -0.4 is 10.0 Å². The van der Waals surface area contributed by atoms with Crippen LogP contribution in [0.5, 0.6) is 0 Å². The third kappa shape index (κ3) is 4.40. The first-order chi connectivity index (χ1) is 11.4. The standard InChI is InChI=1S/C13H12Cl2N4O4S/c14-11-10(7-21)12(15)19-13(18-11)17-8-1-3-9(4-2-8)24(22,23)16-5-6-20/h1-4,7,16,20H,5-6H2,(H,17,18,19). The van der Waals surface area contributed by atoms with Crippen molar-refractivity contribution < 1.29 is 18.3 Å². The van der Waals surface area contributed by atoms with E-state index < -0.39 is 10.0 Å². The van der Waals surface area contributed by atoms with Gasteiger partial charge in [0.15, 0.2) is 6.29 Å². The van der Waals surface area contributed by atoms with Crippen molar-refractivity contribution in [2.24, 2.45) is 0 Å². The number of aliphatic hydroxyl groups excluding tert-OH is 1. The number of carbonyl (C=O) groups is 1. The van der Waals surface area contributed by atoms with Gasteiger partial charge in [-0.1, -0.05) is 23.2 Å². The number of hydrogen-bond acceptors (Lipinski definition) is 7. The average Bonchev–Trinajstić information content (AvgIpc) is 2.53. The minimum atomic E-state index is -3.68. The summed E-state index contributed by atoms with van der Waals surface area (Å²) in [5, 5.41) is 11.3. The van der Waals surface area contributed by atoms with Gasteiger partial charge in [-0.05, 0) is 24.3 Å². The number of nitrogens with zero attached hydrogens (tertiary/aromatic N) is 2. The fourth-order valence-electron chi connectivity index (χ4n) is 1.68. The molecule has 3 N–H and O–H groups in total. The van der Waals surface area contributed by atoms with Crippen LogP contribution in [0.2, 0.25) is 10.3 Å². The van der Waals surface area contributed by atoms with Crippen LogP contribution in [0.15, 0.2) is 29.2 Å². The first-order valence-corrected chi connectivity index (χ1v) is 8.77. The summed E-state index contributed by atoms with van der Waals surface area (Å²) in [5.74, 6) is 0.0598. The van der Waals surface area contributed by atoms with Crippen LogP contribution in [0.1, 0.15) is 10.4 Å². The Balaban J connectivity index is 2.19. The quantitative estimate of drug-likeness (QED) is 0.484. The van der Waals surface area contributed by atoms with Crippen LogP contribution in [0, 0.1) is 0 Å². The zero-order chi connectivity index (χ0) is 17.7. The summed E-state index contributed by atoms with van der Waals surface area (Å²) >= 11 is 11.6. The van der Waals surface area contributed by atoms with Crippen molar-refractivity contribution in [3.8, 4) is 0 Å². The summed E-state index contributed by atoms with van der Waals surface area (Å²) in [6.45, 7) is -0.370. The monoisotopic (exact) mass is 390 g/mol. The van der Waals surface area contributed by atoms with Gasteiger partial charge in [-0.15, -0.1) is 0 Å². The van der Waals surface area contributed by atoms with Crippen molar-refractivity contribution in [1.29, 1.82) is 0 Å².